The van der Waals surface area contributed by atoms with Gasteiger partial charge in [-0.2, -0.15) is 0 Å². The summed E-state index contributed by atoms with van der Waals surface area (Å²) in [6.07, 6.45) is 0.739. The number of nitrogens with zero attached hydrogens (tertiary/aromatic N) is 2. The van der Waals surface area contributed by atoms with Crippen LogP contribution in [0.4, 0.5) is 4.79 Å². The van der Waals surface area contributed by atoms with Gasteiger partial charge < -0.3 is 19.7 Å². The molecule has 0 aliphatic carbocycles. The third kappa shape index (κ3) is 4.05. The van der Waals surface area contributed by atoms with Crippen LogP contribution >= 0.6 is 0 Å². The molecule has 1 spiro atoms. The van der Waals surface area contributed by atoms with E-state index in [-0.39, 0.29) is 25.0 Å². The maximum atomic E-state index is 13.0. The molecule has 2 saturated heterocycles. The summed E-state index contributed by atoms with van der Waals surface area (Å²) in [7, 11) is 1.53. The SMILES string of the molecule is COc1ccccc1C(=O)N1CCC2(CC1)NC(=O)N(CCOc1ccccc1)C2=O. The number of ether oxygens (including phenoxy) is 2. The van der Waals surface area contributed by atoms with Crippen LogP contribution < -0.4 is 14.8 Å². The number of nitrogens with one attached hydrogen (secondary N) is 1. The Hall–Kier alpha value is -3.55. The van der Waals surface area contributed by atoms with Crippen LogP contribution in [0.25, 0.3) is 0 Å². The number of benzene rings is 2. The fraction of sp³-hybridized carbons (Fsp3) is 0.348. The third-order valence-corrected chi connectivity index (χ3v) is 5.81. The Kier molecular flexibility index (Phi) is 5.79. The molecule has 4 amide bonds. The normalized spacial score (nSPS) is 17.6. The number of hydrogen-bond donors (Lipinski definition) is 1. The molecule has 2 heterocycles. The van der Waals surface area contributed by atoms with Crippen LogP contribution in [0, 0.1) is 0 Å². The molecule has 0 atom stereocenters. The van der Waals surface area contributed by atoms with Crippen molar-refractivity contribution in [2.24, 2.45) is 0 Å². The Morgan fingerprint density at radius 2 is 1.71 bits per heavy atom. The molecule has 8 nitrogen and oxygen atoms in total. The number of amides is 4. The molecular formula is C23H25N3O5. The minimum atomic E-state index is -0.957. The van der Waals surface area contributed by atoms with Gasteiger partial charge in [0.05, 0.1) is 19.2 Å². The fourth-order valence-corrected chi connectivity index (χ4v) is 4.07. The van der Waals surface area contributed by atoms with Crippen molar-refractivity contribution in [2.45, 2.75) is 18.4 Å². The maximum absolute atomic E-state index is 13.0. The fourth-order valence-electron chi connectivity index (χ4n) is 4.07. The van der Waals surface area contributed by atoms with Crippen LogP contribution in [0.3, 0.4) is 0 Å². The van der Waals surface area contributed by atoms with Crippen molar-refractivity contribution in [3.63, 3.8) is 0 Å². The predicted octanol–water partition coefficient (Wildman–Crippen LogP) is 2.30. The lowest BCUT2D eigenvalue weighted by Crippen LogP contribution is -2.56. The quantitative estimate of drug-likeness (QED) is 0.721. The number of para-hydroxylation sites is 2. The molecule has 2 fully saturated rings. The van der Waals surface area contributed by atoms with Gasteiger partial charge in [-0.05, 0) is 37.1 Å². The van der Waals surface area contributed by atoms with Gasteiger partial charge in [0.25, 0.3) is 11.8 Å². The van der Waals surface area contributed by atoms with Gasteiger partial charge in [-0.25, -0.2) is 4.79 Å². The number of likely N-dealkylation sites (tertiary alicyclic amines) is 1. The lowest BCUT2D eigenvalue weighted by molar-refractivity contribution is -0.133. The topological polar surface area (TPSA) is 88.2 Å². The van der Waals surface area contributed by atoms with Gasteiger partial charge in [-0.1, -0.05) is 30.3 Å². The zero-order chi connectivity index (χ0) is 21.8. The molecule has 8 heteroatoms. The molecule has 1 N–H and O–H groups in total. The molecule has 2 aliphatic rings. The summed E-state index contributed by atoms with van der Waals surface area (Å²) >= 11 is 0. The average molecular weight is 423 g/mol. The standard InChI is InChI=1S/C23H25N3O5/c1-30-19-10-6-5-9-18(19)20(27)25-13-11-23(12-14-25)21(28)26(22(29)24-23)15-16-31-17-7-3-2-4-8-17/h2-10H,11-16H2,1H3,(H,24,29). The lowest BCUT2D eigenvalue weighted by atomic mass is 9.87. The average Bonchev–Trinajstić information content (AvgIpc) is 3.03. The smallest absolute Gasteiger partial charge is 0.325 e. The van der Waals surface area contributed by atoms with E-state index in [4.69, 9.17) is 9.47 Å². The first-order valence-electron chi connectivity index (χ1n) is 10.3. The Morgan fingerprint density at radius 1 is 1.03 bits per heavy atom. The molecule has 2 aliphatic heterocycles. The van der Waals surface area contributed by atoms with E-state index < -0.39 is 11.6 Å². The van der Waals surface area contributed by atoms with E-state index >= 15 is 0 Å². The number of methoxy groups -OCH3 is 1. The first-order chi connectivity index (χ1) is 15.0. The van der Waals surface area contributed by atoms with E-state index in [9.17, 15) is 14.4 Å². The number of rotatable bonds is 6. The van der Waals surface area contributed by atoms with Crippen LogP contribution in [0.15, 0.2) is 54.6 Å². The minimum Gasteiger partial charge on any atom is -0.496 e. The van der Waals surface area contributed by atoms with Crippen molar-refractivity contribution in [3.8, 4) is 11.5 Å². The molecule has 162 valence electrons. The lowest BCUT2D eigenvalue weighted by Gasteiger charge is -2.37. The molecule has 0 aromatic heterocycles. The van der Waals surface area contributed by atoms with Crippen molar-refractivity contribution in [1.82, 2.24) is 15.1 Å². The molecule has 0 saturated carbocycles. The zero-order valence-corrected chi connectivity index (χ0v) is 17.4. The van der Waals surface area contributed by atoms with Crippen LogP contribution in [0.2, 0.25) is 0 Å². The molecule has 0 radical (unpaired) electrons. The number of hydrogen-bond acceptors (Lipinski definition) is 5. The highest BCUT2D eigenvalue weighted by Crippen LogP contribution is 2.31. The van der Waals surface area contributed by atoms with E-state index in [0.717, 1.165) is 0 Å². The Balaban J connectivity index is 1.36. The van der Waals surface area contributed by atoms with Crippen molar-refractivity contribution < 1.29 is 23.9 Å². The molecule has 2 aromatic rings. The van der Waals surface area contributed by atoms with E-state index in [1.807, 2.05) is 36.4 Å². The second kappa shape index (κ2) is 8.67. The van der Waals surface area contributed by atoms with Gasteiger partial charge >= 0.3 is 6.03 Å². The second-order valence-corrected chi connectivity index (χ2v) is 7.62. The molecule has 31 heavy (non-hydrogen) atoms. The molecule has 4 rings (SSSR count). The summed E-state index contributed by atoms with van der Waals surface area (Å²) in [6.45, 7) is 1.14. The van der Waals surface area contributed by atoms with Crippen LogP contribution in [-0.4, -0.2) is 66.5 Å². The van der Waals surface area contributed by atoms with Crippen LogP contribution in [0.5, 0.6) is 11.5 Å². The van der Waals surface area contributed by atoms with Crippen LogP contribution in [0.1, 0.15) is 23.2 Å². The summed E-state index contributed by atoms with van der Waals surface area (Å²) in [4.78, 5) is 41.3. The van der Waals surface area contributed by atoms with Crippen molar-refractivity contribution in [2.75, 3.05) is 33.4 Å². The summed E-state index contributed by atoms with van der Waals surface area (Å²) < 4.78 is 10.9. The third-order valence-electron chi connectivity index (χ3n) is 5.81. The first kappa shape index (κ1) is 20.7. The number of imide groups is 1. The Labute approximate surface area is 180 Å². The van der Waals surface area contributed by atoms with E-state index in [1.54, 1.807) is 23.1 Å². The first-order valence-corrected chi connectivity index (χ1v) is 10.3. The maximum Gasteiger partial charge on any atom is 0.325 e. The molecule has 0 unspecified atom stereocenters. The number of urea groups is 1. The van der Waals surface area contributed by atoms with Gasteiger partial charge in [-0.15, -0.1) is 0 Å². The highest BCUT2D eigenvalue weighted by Gasteiger charge is 2.52. The Bertz CT molecular complexity index is 970. The van der Waals surface area contributed by atoms with Gasteiger partial charge in [0.2, 0.25) is 0 Å². The number of piperidine rings is 1. The van der Waals surface area contributed by atoms with Crippen molar-refractivity contribution in [3.05, 3.63) is 60.2 Å². The molecule has 2 aromatic carbocycles. The van der Waals surface area contributed by atoms with Gasteiger partial charge in [0.1, 0.15) is 23.6 Å². The second-order valence-electron chi connectivity index (χ2n) is 7.62. The van der Waals surface area contributed by atoms with Gasteiger partial charge in [0, 0.05) is 13.1 Å². The minimum absolute atomic E-state index is 0.141. The van der Waals surface area contributed by atoms with Gasteiger partial charge in [-0.3, -0.25) is 14.5 Å². The molecular weight excluding hydrogens is 398 g/mol. The highest BCUT2D eigenvalue weighted by molar-refractivity contribution is 6.07. The highest BCUT2D eigenvalue weighted by atomic mass is 16.5. The summed E-state index contributed by atoms with van der Waals surface area (Å²) in [5, 5.41) is 2.86. The number of carbonyl (C=O) groups excluding carboxylic acids is 3. The largest absolute Gasteiger partial charge is 0.496 e. The number of carbonyl (C=O) groups is 3. The zero-order valence-electron chi connectivity index (χ0n) is 17.4. The van der Waals surface area contributed by atoms with Crippen LogP contribution in [-0.2, 0) is 4.79 Å². The van der Waals surface area contributed by atoms with Crippen molar-refractivity contribution >= 4 is 17.8 Å². The Morgan fingerprint density at radius 3 is 2.42 bits per heavy atom. The summed E-state index contributed by atoms with van der Waals surface area (Å²) in [5.74, 6) is 0.811. The summed E-state index contributed by atoms with van der Waals surface area (Å²) in [5.41, 5.74) is -0.469. The van der Waals surface area contributed by atoms with Gasteiger partial charge in [0.15, 0.2) is 0 Å². The summed E-state index contributed by atoms with van der Waals surface area (Å²) in [6, 6.07) is 15.9. The predicted molar refractivity (Wildman–Crippen MR) is 113 cm³/mol. The molecule has 0 bridgehead atoms. The van der Waals surface area contributed by atoms with E-state index in [1.165, 1.54) is 12.0 Å². The monoisotopic (exact) mass is 423 g/mol. The van der Waals surface area contributed by atoms with E-state index in [0.29, 0.717) is 43.0 Å². The van der Waals surface area contributed by atoms with E-state index in [2.05, 4.69) is 5.32 Å². The van der Waals surface area contributed by atoms with Crippen molar-refractivity contribution in [1.29, 1.82) is 0 Å².